The van der Waals surface area contributed by atoms with Gasteiger partial charge in [-0.1, -0.05) is 33.7 Å². The molecule has 0 aromatic rings. The van der Waals surface area contributed by atoms with Crippen LogP contribution in [0.5, 0.6) is 0 Å². The molecule has 0 aliphatic heterocycles. The van der Waals surface area contributed by atoms with Crippen molar-refractivity contribution in [1.29, 1.82) is 0 Å². The highest BCUT2D eigenvalue weighted by molar-refractivity contribution is 8.77. The van der Waals surface area contributed by atoms with Crippen LogP contribution < -0.4 is 0 Å². The van der Waals surface area contributed by atoms with E-state index in [1.807, 2.05) is 17.7 Å². The van der Waals surface area contributed by atoms with E-state index in [9.17, 15) is 4.21 Å². The van der Waals surface area contributed by atoms with Crippen LogP contribution >= 0.6 is 21.6 Å². The fraction of sp³-hybridized carbons (Fsp3) is 0.429. The molecule has 0 N–H and O–H groups in total. The van der Waals surface area contributed by atoms with Crippen molar-refractivity contribution in [3.05, 3.63) is 24.1 Å². The van der Waals surface area contributed by atoms with Crippen molar-refractivity contribution in [3.8, 4) is 0 Å². The highest BCUT2D eigenvalue weighted by Crippen LogP contribution is 2.17. The third kappa shape index (κ3) is 8.23. The zero-order valence-corrected chi connectivity index (χ0v) is 8.94. The summed E-state index contributed by atoms with van der Waals surface area (Å²) in [6.45, 7) is 3.52. The molecule has 1 nitrogen and oxygen atoms in total. The van der Waals surface area contributed by atoms with Crippen molar-refractivity contribution in [2.24, 2.45) is 0 Å². The third-order valence-electron chi connectivity index (χ3n) is 0.834. The summed E-state index contributed by atoms with van der Waals surface area (Å²) in [4.78, 5) is 0. The second-order valence-electron chi connectivity index (χ2n) is 1.70. The Balaban J connectivity index is 3.36. The highest BCUT2D eigenvalue weighted by Gasteiger charge is 1.90. The Morgan fingerprint density at radius 3 is 2.82 bits per heavy atom. The Kier molecular flexibility index (Phi) is 8.68. The average molecular weight is 208 g/mol. The third-order valence-corrected chi connectivity index (χ3v) is 3.41. The molecule has 64 valence electrons. The maximum absolute atomic E-state index is 11.0. The smallest absolute Gasteiger partial charge is 0.0426 e. The van der Waals surface area contributed by atoms with Gasteiger partial charge in [0.05, 0.1) is 0 Å². The van der Waals surface area contributed by atoms with Gasteiger partial charge in [-0.15, -0.1) is 6.58 Å². The van der Waals surface area contributed by atoms with Gasteiger partial charge in [0.15, 0.2) is 0 Å². The SMILES string of the molecule is C=CCS(=O)CC=CSSC. The Hall–Kier alpha value is 0.330. The van der Waals surface area contributed by atoms with Crippen molar-refractivity contribution in [2.45, 2.75) is 0 Å². The molecule has 0 aromatic carbocycles. The molecular formula is C7H12OS3. The van der Waals surface area contributed by atoms with Gasteiger partial charge >= 0.3 is 0 Å². The largest absolute Gasteiger partial charge is 0.259 e. The first-order valence-corrected chi connectivity index (χ1v) is 7.22. The molecule has 1 unspecified atom stereocenters. The van der Waals surface area contributed by atoms with Crippen LogP contribution in [0, 0.1) is 0 Å². The van der Waals surface area contributed by atoms with E-state index in [0.29, 0.717) is 11.5 Å². The maximum atomic E-state index is 11.0. The summed E-state index contributed by atoms with van der Waals surface area (Å²) in [6, 6.07) is 0. The molecule has 11 heavy (non-hydrogen) atoms. The van der Waals surface area contributed by atoms with E-state index in [1.54, 1.807) is 27.7 Å². The summed E-state index contributed by atoms with van der Waals surface area (Å²) in [6.07, 6.45) is 5.63. The molecular weight excluding hydrogens is 196 g/mol. The predicted octanol–water partition coefficient (Wildman–Crippen LogP) is 2.45. The molecule has 0 spiro atoms. The van der Waals surface area contributed by atoms with Crippen molar-refractivity contribution < 1.29 is 4.21 Å². The summed E-state index contributed by atoms with van der Waals surface area (Å²) in [5, 5.41) is 1.96. The molecule has 1 atom stereocenters. The van der Waals surface area contributed by atoms with Gasteiger partial charge in [0.2, 0.25) is 0 Å². The molecule has 0 fully saturated rings. The molecule has 0 radical (unpaired) electrons. The lowest BCUT2D eigenvalue weighted by Crippen LogP contribution is -1.96. The number of hydrogen-bond acceptors (Lipinski definition) is 3. The van der Waals surface area contributed by atoms with Crippen LogP contribution in [0.25, 0.3) is 0 Å². The summed E-state index contributed by atoms with van der Waals surface area (Å²) >= 11 is 0. The zero-order chi connectivity index (χ0) is 8.53. The predicted molar refractivity (Wildman–Crippen MR) is 58.3 cm³/mol. The van der Waals surface area contributed by atoms with E-state index in [-0.39, 0.29) is 0 Å². The summed E-state index contributed by atoms with van der Waals surface area (Å²) in [5.74, 6) is 1.23. The van der Waals surface area contributed by atoms with Crippen LogP contribution in [0.2, 0.25) is 0 Å². The van der Waals surface area contributed by atoms with Gasteiger partial charge < -0.3 is 0 Å². The van der Waals surface area contributed by atoms with E-state index in [0.717, 1.165) is 0 Å². The molecule has 0 aliphatic rings. The minimum Gasteiger partial charge on any atom is -0.259 e. The molecule has 0 rings (SSSR count). The van der Waals surface area contributed by atoms with Crippen molar-refractivity contribution in [2.75, 3.05) is 17.8 Å². The first-order valence-electron chi connectivity index (χ1n) is 3.11. The molecule has 0 heterocycles. The Morgan fingerprint density at radius 1 is 1.55 bits per heavy atom. The first-order chi connectivity index (χ1) is 5.31. The van der Waals surface area contributed by atoms with Crippen molar-refractivity contribution in [3.63, 3.8) is 0 Å². The van der Waals surface area contributed by atoms with Crippen LogP contribution in [0.3, 0.4) is 0 Å². The average Bonchev–Trinajstić information content (AvgIpc) is 1.99. The van der Waals surface area contributed by atoms with E-state index in [2.05, 4.69) is 6.58 Å². The lowest BCUT2D eigenvalue weighted by molar-refractivity contribution is 0.687. The molecule has 0 aliphatic carbocycles. The highest BCUT2D eigenvalue weighted by atomic mass is 33.1. The zero-order valence-electron chi connectivity index (χ0n) is 6.49. The van der Waals surface area contributed by atoms with Gasteiger partial charge in [-0.25, -0.2) is 0 Å². The standard InChI is InChI=1S/C7H12OS3/c1-3-6-11(8)7-4-5-10-9-2/h3-5H,1,6-7H2,2H3. The molecule has 0 amide bonds. The molecule has 0 aromatic heterocycles. The fourth-order valence-electron chi connectivity index (χ4n) is 0.441. The Morgan fingerprint density at radius 2 is 2.27 bits per heavy atom. The topological polar surface area (TPSA) is 17.1 Å². The number of hydrogen-bond donors (Lipinski definition) is 0. The lowest BCUT2D eigenvalue weighted by atomic mass is 10.8. The molecule has 4 heteroatoms. The first kappa shape index (κ1) is 11.3. The van der Waals surface area contributed by atoms with Gasteiger partial charge in [-0.05, 0) is 11.7 Å². The van der Waals surface area contributed by atoms with Gasteiger partial charge in [0, 0.05) is 22.3 Å². The van der Waals surface area contributed by atoms with Crippen LogP contribution in [-0.4, -0.2) is 22.0 Å². The summed E-state index contributed by atoms with van der Waals surface area (Å²) in [7, 11) is 2.57. The number of rotatable bonds is 6. The van der Waals surface area contributed by atoms with Crippen molar-refractivity contribution >= 4 is 32.4 Å². The van der Waals surface area contributed by atoms with E-state index >= 15 is 0 Å². The monoisotopic (exact) mass is 208 g/mol. The van der Waals surface area contributed by atoms with Crippen LogP contribution in [0.1, 0.15) is 0 Å². The molecule has 0 bridgehead atoms. The summed E-state index contributed by atoms with van der Waals surface area (Å²) < 4.78 is 11.0. The van der Waals surface area contributed by atoms with E-state index < -0.39 is 10.8 Å². The lowest BCUT2D eigenvalue weighted by Gasteiger charge is -1.90. The fourth-order valence-corrected chi connectivity index (χ4v) is 2.13. The van der Waals surface area contributed by atoms with Gasteiger partial charge in [-0.3, -0.25) is 4.21 Å². The van der Waals surface area contributed by atoms with Gasteiger partial charge in [-0.2, -0.15) is 0 Å². The normalized spacial score (nSPS) is 13.5. The second-order valence-corrected chi connectivity index (χ2v) is 5.62. The molecule has 0 saturated heterocycles. The quantitative estimate of drug-likeness (QED) is 0.493. The van der Waals surface area contributed by atoms with Crippen LogP contribution in [0.4, 0.5) is 0 Å². The van der Waals surface area contributed by atoms with Gasteiger partial charge in [0.25, 0.3) is 0 Å². The van der Waals surface area contributed by atoms with Crippen LogP contribution in [-0.2, 0) is 10.8 Å². The maximum Gasteiger partial charge on any atom is 0.0426 e. The minimum atomic E-state index is -0.751. The second kappa shape index (κ2) is 8.43. The van der Waals surface area contributed by atoms with E-state index in [1.165, 1.54) is 0 Å². The minimum absolute atomic E-state index is 0.592. The van der Waals surface area contributed by atoms with Gasteiger partial charge in [0.1, 0.15) is 0 Å². The van der Waals surface area contributed by atoms with Crippen molar-refractivity contribution in [1.82, 2.24) is 0 Å². The Bertz CT molecular complexity index is 154. The van der Waals surface area contributed by atoms with Crippen LogP contribution in [0.15, 0.2) is 24.1 Å². The molecule has 0 saturated carbocycles. The van der Waals surface area contributed by atoms with E-state index in [4.69, 9.17) is 0 Å². The summed E-state index contributed by atoms with van der Waals surface area (Å²) in [5.41, 5.74) is 0. The Labute approximate surface area is 78.6 Å².